The lowest BCUT2D eigenvalue weighted by Crippen LogP contribution is -2.37. The van der Waals surface area contributed by atoms with Crippen LogP contribution in [-0.4, -0.2) is 50.1 Å². The fraction of sp³-hybridized carbons (Fsp3) is 0.929. The molecule has 1 atom stereocenters. The average Bonchev–Trinajstić information content (AvgIpc) is 3.12. The molecule has 2 aliphatic rings. The summed E-state index contributed by atoms with van der Waals surface area (Å²) in [6, 6.07) is 0.503. The summed E-state index contributed by atoms with van der Waals surface area (Å²) in [6.07, 6.45) is 6.67. The Balaban J connectivity index is 1.44. The fourth-order valence-corrected chi connectivity index (χ4v) is 2.65. The number of nitrogens with zero attached hydrogens (tertiary/aromatic N) is 1. The van der Waals surface area contributed by atoms with Crippen molar-refractivity contribution >= 4 is 5.91 Å². The van der Waals surface area contributed by atoms with Crippen molar-refractivity contribution in [3.8, 4) is 0 Å². The quantitative estimate of drug-likeness (QED) is 0.665. The largest absolute Gasteiger partial charge is 0.353 e. The molecular formula is C14H27N3O. The van der Waals surface area contributed by atoms with Gasteiger partial charge in [0.15, 0.2) is 0 Å². The molecule has 0 aromatic carbocycles. The predicted molar refractivity (Wildman–Crippen MR) is 73.5 cm³/mol. The molecule has 1 unspecified atom stereocenters. The zero-order valence-electron chi connectivity index (χ0n) is 11.6. The minimum atomic E-state index is 0.233. The van der Waals surface area contributed by atoms with Gasteiger partial charge in [0.05, 0.1) is 0 Å². The Morgan fingerprint density at radius 2 is 2.17 bits per heavy atom. The molecule has 4 heteroatoms. The van der Waals surface area contributed by atoms with E-state index in [2.05, 4.69) is 22.6 Å². The minimum absolute atomic E-state index is 0.233. The van der Waals surface area contributed by atoms with Gasteiger partial charge in [-0.2, -0.15) is 0 Å². The molecule has 18 heavy (non-hydrogen) atoms. The fourth-order valence-electron chi connectivity index (χ4n) is 2.65. The van der Waals surface area contributed by atoms with Gasteiger partial charge in [0.1, 0.15) is 0 Å². The highest BCUT2D eigenvalue weighted by atomic mass is 16.1. The standard InChI is InChI=1S/C14H27N3O/c1-17-9-3-4-12(11-17)10-15-8-2-5-14(18)16-13-6-7-13/h12-13,15H,2-11H2,1H3,(H,16,18). The Morgan fingerprint density at radius 1 is 1.33 bits per heavy atom. The molecule has 2 fully saturated rings. The summed E-state index contributed by atoms with van der Waals surface area (Å²) in [4.78, 5) is 13.9. The second-order valence-corrected chi connectivity index (χ2v) is 5.92. The van der Waals surface area contributed by atoms with Crippen LogP contribution < -0.4 is 10.6 Å². The predicted octanol–water partition coefficient (Wildman–Crippen LogP) is 0.977. The number of amides is 1. The Morgan fingerprint density at radius 3 is 2.89 bits per heavy atom. The van der Waals surface area contributed by atoms with Gasteiger partial charge in [-0.3, -0.25) is 4.79 Å². The van der Waals surface area contributed by atoms with Crippen molar-refractivity contribution in [2.45, 2.75) is 44.6 Å². The van der Waals surface area contributed by atoms with Crippen LogP contribution in [0.4, 0.5) is 0 Å². The van der Waals surface area contributed by atoms with Gasteiger partial charge in [-0.05, 0) is 64.7 Å². The van der Waals surface area contributed by atoms with Crippen LogP contribution in [0.5, 0.6) is 0 Å². The number of carbonyl (C=O) groups excluding carboxylic acids is 1. The first-order valence-electron chi connectivity index (χ1n) is 7.42. The van der Waals surface area contributed by atoms with Crippen molar-refractivity contribution in [1.29, 1.82) is 0 Å². The van der Waals surface area contributed by atoms with Crippen molar-refractivity contribution in [3.63, 3.8) is 0 Å². The average molecular weight is 253 g/mol. The van der Waals surface area contributed by atoms with E-state index in [9.17, 15) is 4.79 Å². The molecule has 2 rings (SSSR count). The van der Waals surface area contributed by atoms with E-state index in [0.29, 0.717) is 12.5 Å². The van der Waals surface area contributed by atoms with Gasteiger partial charge in [-0.1, -0.05) is 0 Å². The first-order valence-corrected chi connectivity index (χ1v) is 7.42. The summed E-state index contributed by atoms with van der Waals surface area (Å²) in [5.41, 5.74) is 0. The lowest BCUT2D eigenvalue weighted by molar-refractivity contribution is -0.121. The third-order valence-corrected chi connectivity index (χ3v) is 3.85. The lowest BCUT2D eigenvalue weighted by Gasteiger charge is -2.29. The van der Waals surface area contributed by atoms with Gasteiger partial charge in [-0.15, -0.1) is 0 Å². The Kier molecular flexibility index (Phi) is 5.45. The third kappa shape index (κ3) is 5.36. The molecule has 1 heterocycles. The van der Waals surface area contributed by atoms with Crippen LogP contribution >= 0.6 is 0 Å². The molecule has 104 valence electrons. The van der Waals surface area contributed by atoms with Crippen molar-refractivity contribution in [2.75, 3.05) is 33.2 Å². The first-order chi connectivity index (χ1) is 8.74. The van der Waals surface area contributed by atoms with Crippen LogP contribution in [0.15, 0.2) is 0 Å². The van der Waals surface area contributed by atoms with Gasteiger partial charge >= 0.3 is 0 Å². The van der Waals surface area contributed by atoms with Crippen LogP contribution in [0.3, 0.4) is 0 Å². The molecule has 1 saturated carbocycles. The summed E-state index contributed by atoms with van der Waals surface area (Å²) in [7, 11) is 2.20. The van der Waals surface area contributed by atoms with Crippen LogP contribution in [0, 0.1) is 5.92 Å². The normalized spacial score (nSPS) is 25.1. The second-order valence-electron chi connectivity index (χ2n) is 5.92. The number of carbonyl (C=O) groups is 1. The number of hydrogen-bond acceptors (Lipinski definition) is 3. The molecule has 0 spiro atoms. The van der Waals surface area contributed by atoms with E-state index in [1.54, 1.807) is 0 Å². The summed E-state index contributed by atoms with van der Waals surface area (Å²) in [5, 5.41) is 6.52. The van der Waals surface area contributed by atoms with Crippen molar-refractivity contribution in [1.82, 2.24) is 15.5 Å². The number of likely N-dealkylation sites (tertiary alicyclic amines) is 1. The summed E-state index contributed by atoms with van der Waals surface area (Å²) in [6.45, 7) is 4.54. The van der Waals surface area contributed by atoms with Crippen LogP contribution in [0.2, 0.25) is 0 Å². The molecule has 0 aromatic heterocycles. The molecular weight excluding hydrogens is 226 g/mol. The molecule has 0 bridgehead atoms. The zero-order valence-corrected chi connectivity index (χ0v) is 11.6. The van der Waals surface area contributed by atoms with E-state index >= 15 is 0 Å². The smallest absolute Gasteiger partial charge is 0.220 e. The van der Waals surface area contributed by atoms with E-state index in [1.165, 1.54) is 38.8 Å². The maximum absolute atomic E-state index is 11.5. The van der Waals surface area contributed by atoms with E-state index in [-0.39, 0.29) is 5.91 Å². The highest BCUT2D eigenvalue weighted by Gasteiger charge is 2.22. The number of rotatable bonds is 7. The van der Waals surface area contributed by atoms with E-state index in [1.807, 2.05) is 0 Å². The third-order valence-electron chi connectivity index (χ3n) is 3.85. The monoisotopic (exact) mass is 253 g/mol. The van der Waals surface area contributed by atoms with E-state index in [0.717, 1.165) is 25.4 Å². The molecule has 1 amide bonds. The molecule has 0 radical (unpaired) electrons. The van der Waals surface area contributed by atoms with Gasteiger partial charge in [-0.25, -0.2) is 0 Å². The number of nitrogens with one attached hydrogen (secondary N) is 2. The number of piperidine rings is 1. The van der Waals surface area contributed by atoms with Gasteiger partial charge in [0, 0.05) is 19.0 Å². The Labute approximate surface area is 110 Å². The van der Waals surface area contributed by atoms with E-state index in [4.69, 9.17) is 0 Å². The molecule has 1 aliphatic heterocycles. The highest BCUT2D eigenvalue weighted by Crippen LogP contribution is 2.18. The maximum Gasteiger partial charge on any atom is 0.220 e. The molecule has 2 N–H and O–H groups in total. The van der Waals surface area contributed by atoms with Gasteiger partial charge in [0.25, 0.3) is 0 Å². The molecule has 1 aliphatic carbocycles. The zero-order chi connectivity index (χ0) is 12.8. The van der Waals surface area contributed by atoms with Gasteiger partial charge in [0.2, 0.25) is 5.91 Å². The Hall–Kier alpha value is -0.610. The lowest BCUT2D eigenvalue weighted by atomic mass is 9.98. The summed E-state index contributed by atoms with van der Waals surface area (Å²) < 4.78 is 0. The first kappa shape index (κ1) is 13.8. The van der Waals surface area contributed by atoms with Crippen molar-refractivity contribution in [3.05, 3.63) is 0 Å². The Bertz CT molecular complexity index is 266. The summed E-state index contributed by atoms with van der Waals surface area (Å²) in [5.74, 6) is 1.03. The van der Waals surface area contributed by atoms with E-state index < -0.39 is 0 Å². The second kappa shape index (κ2) is 7.10. The molecule has 4 nitrogen and oxygen atoms in total. The maximum atomic E-state index is 11.5. The van der Waals surface area contributed by atoms with Gasteiger partial charge < -0.3 is 15.5 Å². The van der Waals surface area contributed by atoms with Crippen LogP contribution in [-0.2, 0) is 4.79 Å². The van der Waals surface area contributed by atoms with Crippen LogP contribution in [0.1, 0.15) is 38.5 Å². The SMILES string of the molecule is CN1CCCC(CNCCCC(=O)NC2CC2)C1. The van der Waals surface area contributed by atoms with Crippen molar-refractivity contribution in [2.24, 2.45) is 5.92 Å². The minimum Gasteiger partial charge on any atom is -0.353 e. The topological polar surface area (TPSA) is 44.4 Å². The molecule has 0 aromatic rings. The summed E-state index contributed by atoms with van der Waals surface area (Å²) >= 11 is 0. The van der Waals surface area contributed by atoms with Crippen molar-refractivity contribution < 1.29 is 4.79 Å². The highest BCUT2D eigenvalue weighted by molar-refractivity contribution is 5.76. The number of hydrogen-bond donors (Lipinski definition) is 2. The molecule has 1 saturated heterocycles. The van der Waals surface area contributed by atoms with Crippen LogP contribution in [0.25, 0.3) is 0 Å².